The van der Waals surface area contributed by atoms with Crippen molar-refractivity contribution in [1.29, 1.82) is 0 Å². The van der Waals surface area contributed by atoms with Crippen molar-refractivity contribution in [2.75, 3.05) is 13.2 Å². The molecule has 0 aliphatic carbocycles. The van der Waals surface area contributed by atoms with Crippen molar-refractivity contribution in [3.63, 3.8) is 0 Å². The first kappa shape index (κ1) is 30.5. The Morgan fingerprint density at radius 3 is 2.35 bits per heavy atom. The first-order chi connectivity index (χ1) is 17.3. The number of carbonyl (C=O) groups excluding carboxylic acids is 2. The molecule has 1 amide bonds. The van der Waals surface area contributed by atoms with Gasteiger partial charge in [0.15, 0.2) is 0 Å². The number of rotatable bonds is 11. The lowest BCUT2D eigenvalue weighted by Crippen LogP contribution is -2.59. The minimum absolute atomic E-state index is 0.0808. The lowest BCUT2D eigenvalue weighted by molar-refractivity contribution is -0.165. The number of esters is 1. The van der Waals surface area contributed by atoms with Crippen LogP contribution in [0.4, 0.5) is 9.18 Å². The average Bonchev–Trinajstić information content (AvgIpc) is 3.16. The van der Waals surface area contributed by atoms with Gasteiger partial charge < -0.3 is 19.3 Å². The molecule has 0 spiro atoms. The van der Waals surface area contributed by atoms with Gasteiger partial charge in [0.1, 0.15) is 30.1 Å². The summed E-state index contributed by atoms with van der Waals surface area (Å²) < 4.78 is 31.5. The molecule has 2 N–H and O–H groups in total. The third-order valence-corrected chi connectivity index (χ3v) is 6.10. The van der Waals surface area contributed by atoms with Crippen molar-refractivity contribution in [2.24, 2.45) is 0 Å². The number of aromatic nitrogens is 2. The summed E-state index contributed by atoms with van der Waals surface area (Å²) in [6.07, 6.45) is -0.667. The predicted molar refractivity (Wildman–Crippen MR) is 133 cm³/mol. The van der Waals surface area contributed by atoms with E-state index in [0.717, 1.165) is 4.57 Å². The molecule has 2 rings (SSSR count). The second-order valence-electron chi connectivity index (χ2n) is 10.3. The highest BCUT2D eigenvalue weighted by molar-refractivity contribution is 5.86. The first-order valence-corrected chi connectivity index (χ1v) is 12.8. The first-order valence-electron chi connectivity index (χ1n) is 12.8. The Morgan fingerprint density at radius 1 is 1.19 bits per heavy atom. The zero-order valence-corrected chi connectivity index (χ0v) is 22.5. The van der Waals surface area contributed by atoms with E-state index in [1.807, 2.05) is 25.8 Å². The number of nitrogens with one attached hydrogen (secondary N) is 1. The van der Waals surface area contributed by atoms with Crippen LogP contribution in [0.25, 0.3) is 0 Å². The highest BCUT2D eigenvalue weighted by atomic mass is 19.1. The average molecular weight is 530 g/mol. The predicted octanol–water partition coefficient (Wildman–Crippen LogP) is 2.85. The molecule has 0 unspecified atom stereocenters. The molecule has 2 heterocycles. The Morgan fingerprint density at radius 2 is 1.81 bits per heavy atom. The van der Waals surface area contributed by atoms with E-state index in [1.54, 1.807) is 20.8 Å². The molecule has 1 aromatic rings. The van der Waals surface area contributed by atoms with Crippen LogP contribution in [-0.2, 0) is 19.0 Å². The lowest BCUT2D eigenvalue weighted by atomic mass is 9.86. The van der Waals surface area contributed by atoms with E-state index < -0.39 is 58.7 Å². The van der Waals surface area contributed by atoms with Crippen molar-refractivity contribution in [2.45, 2.75) is 110 Å². The molecular weight excluding hydrogens is 489 g/mol. The minimum atomic E-state index is -1.27. The molecule has 3 atom stereocenters. The molecule has 12 heteroatoms. The maximum absolute atomic E-state index is 13.7. The molecule has 0 radical (unpaired) electrons. The van der Waals surface area contributed by atoms with E-state index in [2.05, 4.69) is 0 Å². The van der Waals surface area contributed by atoms with Gasteiger partial charge in [0.2, 0.25) is 5.82 Å². The molecule has 1 aromatic heterocycles. The van der Waals surface area contributed by atoms with Crippen LogP contribution in [0.1, 0.15) is 86.3 Å². The van der Waals surface area contributed by atoms with Crippen molar-refractivity contribution in [1.82, 2.24) is 14.5 Å². The van der Waals surface area contributed by atoms with Crippen molar-refractivity contribution < 1.29 is 33.3 Å². The number of halogens is 1. The largest absolute Gasteiger partial charge is 0.461 e. The lowest BCUT2D eigenvalue weighted by Gasteiger charge is -2.42. The number of aliphatic hydroxyl groups excluding tert-OH is 1. The number of aliphatic hydroxyl groups is 1. The van der Waals surface area contributed by atoms with Gasteiger partial charge in [-0.15, -0.1) is 0 Å². The molecular formula is C25H40FN3O8. The number of nitrogens with zero attached hydrogens (tertiary/aromatic N) is 2. The van der Waals surface area contributed by atoms with Gasteiger partial charge in [-0.05, 0) is 40.0 Å². The SMILES string of the molecule is CCCN(C(=O)OC(C)(C)C)C(CCC)(CCC)C(=O)OC[C@H]1O[C@@H](n2cc(F)c(=O)[nH]c2=O)C[C@@H]1O. The van der Waals surface area contributed by atoms with Gasteiger partial charge in [0, 0.05) is 13.0 Å². The number of H-pyrrole nitrogens is 1. The summed E-state index contributed by atoms with van der Waals surface area (Å²) >= 11 is 0. The Labute approximate surface area is 215 Å². The molecule has 37 heavy (non-hydrogen) atoms. The highest BCUT2D eigenvalue weighted by Crippen LogP contribution is 2.33. The maximum atomic E-state index is 13.7. The van der Waals surface area contributed by atoms with E-state index in [9.17, 15) is 28.7 Å². The second kappa shape index (κ2) is 12.7. The van der Waals surface area contributed by atoms with Gasteiger partial charge >= 0.3 is 17.8 Å². The van der Waals surface area contributed by atoms with Gasteiger partial charge in [-0.3, -0.25) is 19.2 Å². The summed E-state index contributed by atoms with van der Waals surface area (Å²) in [7, 11) is 0. The van der Waals surface area contributed by atoms with Crippen LogP contribution in [0.3, 0.4) is 0 Å². The minimum Gasteiger partial charge on any atom is -0.461 e. The quantitative estimate of drug-likeness (QED) is 0.417. The summed E-state index contributed by atoms with van der Waals surface area (Å²) in [5, 5.41) is 10.5. The van der Waals surface area contributed by atoms with Crippen LogP contribution >= 0.6 is 0 Å². The number of hydrogen-bond acceptors (Lipinski definition) is 8. The van der Waals surface area contributed by atoms with Gasteiger partial charge in [-0.25, -0.2) is 14.4 Å². The molecule has 0 bridgehead atoms. The Bertz CT molecular complexity index is 1040. The Hall–Kier alpha value is -2.73. The highest BCUT2D eigenvalue weighted by Gasteiger charge is 2.48. The van der Waals surface area contributed by atoms with E-state index in [-0.39, 0.29) is 19.6 Å². The third-order valence-electron chi connectivity index (χ3n) is 6.10. The van der Waals surface area contributed by atoms with Crippen LogP contribution in [0.5, 0.6) is 0 Å². The Kier molecular flexibility index (Phi) is 10.5. The summed E-state index contributed by atoms with van der Waals surface area (Å²) in [6, 6.07) is 0. The smallest absolute Gasteiger partial charge is 0.411 e. The molecule has 1 aliphatic heterocycles. The number of hydrogen-bond donors (Lipinski definition) is 2. The normalized spacial score (nSPS) is 20.1. The zero-order valence-electron chi connectivity index (χ0n) is 22.5. The van der Waals surface area contributed by atoms with Crippen LogP contribution < -0.4 is 11.2 Å². The van der Waals surface area contributed by atoms with Crippen molar-refractivity contribution in [3.05, 3.63) is 32.9 Å². The monoisotopic (exact) mass is 529 g/mol. The standard InChI is InChI=1S/C25H40FN3O8/c1-7-10-25(11-8-2,29(12-9-3)23(34)37-24(4,5)6)21(32)35-15-18-17(30)13-19(36-18)28-14-16(26)20(31)27-22(28)33/h14,17-19,30H,7-13,15H2,1-6H3,(H,27,31,33)/t17-,18+,19+/m0/s1. The molecule has 1 saturated heterocycles. The van der Waals surface area contributed by atoms with Crippen molar-refractivity contribution >= 4 is 12.1 Å². The second-order valence-corrected chi connectivity index (χ2v) is 10.3. The summed E-state index contributed by atoms with van der Waals surface area (Å²) in [5.74, 6) is -1.81. The van der Waals surface area contributed by atoms with E-state index >= 15 is 0 Å². The summed E-state index contributed by atoms with van der Waals surface area (Å²) in [6.45, 7) is 10.9. The van der Waals surface area contributed by atoms with Crippen LogP contribution in [0.15, 0.2) is 15.8 Å². The van der Waals surface area contributed by atoms with Crippen LogP contribution in [-0.4, -0.2) is 68.1 Å². The van der Waals surface area contributed by atoms with Gasteiger partial charge in [0.25, 0.3) is 5.56 Å². The number of amides is 1. The summed E-state index contributed by atoms with van der Waals surface area (Å²) in [4.78, 5) is 53.5. The van der Waals surface area contributed by atoms with Gasteiger partial charge in [-0.1, -0.05) is 33.6 Å². The number of aromatic amines is 1. The topological polar surface area (TPSA) is 140 Å². The van der Waals surface area contributed by atoms with Crippen LogP contribution in [0.2, 0.25) is 0 Å². The number of carbonyl (C=O) groups is 2. The molecule has 1 fully saturated rings. The van der Waals surface area contributed by atoms with Gasteiger partial charge in [0.05, 0.1) is 12.3 Å². The van der Waals surface area contributed by atoms with E-state index in [4.69, 9.17) is 14.2 Å². The fourth-order valence-electron chi connectivity index (χ4n) is 4.56. The maximum Gasteiger partial charge on any atom is 0.411 e. The third kappa shape index (κ3) is 7.41. The number of ether oxygens (including phenoxy) is 3. The Balaban J connectivity index is 2.26. The fourth-order valence-corrected chi connectivity index (χ4v) is 4.56. The fraction of sp³-hybridized carbons (Fsp3) is 0.760. The molecule has 11 nitrogen and oxygen atoms in total. The van der Waals surface area contributed by atoms with E-state index in [0.29, 0.717) is 38.3 Å². The molecule has 210 valence electrons. The van der Waals surface area contributed by atoms with Crippen molar-refractivity contribution in [3.8, 4) is 0 Å². The van der Waals surface area contributed by atoms with Crippen LogP contribution in [0, 0.1) is 5.82 Å². The molecule has 0 saturated carbocycles. The van der Waals surface area contributed by atoms with Gasteiger partial charge in [-0.2, -0.15) is 4.39 Å². The van der Waals surface area contributed by atoms with E-state index in [1.165, 1.54) is 4.90 Å². The molecule has 0 aromatic carbocycles. The molecule has 1 aliphatic rings. The summed E-state index contributed by atoms with van der Waals surface area (Å²) in [5.41, 5.74) is -4.08. The zero-order chi connectivity index (χ0) is 28.0.